The lowest BCUT2D eigenvalue weighted by Crippen LogP contribution is -2.51. The van der Waals surface area contributed by atoms with E-state index in [-0.39, 0.29) is 18.4 Å². The van der Waals surface area contributed by atoms with Gasteiger partial charge in [0.05, 0.1) is 31.4 Å². The summed E-state index contributed by atoms with van der Waals surface area (Å²) in [6.07, 6.45) is 0.422. The van der Waals surface area contributed by atoms with E-state index in [1.165, 1.54) is 6.92 Å². The number of aliphatic hydroxyl groups is 1. The SMILES string of the molecule is C[C@@H]([C@H](C)OC[C@@H]([C@H](C)O)[C@H](NCC(=O)O)C(=O)O)[C@H](N)C(=O)N1CCCC1. The van der Waals surface area contributed by atoms with Crippen molar-refractivity contribution in [3.05, 3.63) is 0 Å². The summed E-state index contributed by atoms with van der Waals surface area (Å²) in [5.41, 5.74) is 6.10. The number of hydrogen-bond donors (Lipinski definition) is 5. The summed E-state index contributed by atoms with van der Waals surface area (Å²) in [5.74, 6) is -3.81. The fourth-order valence-electron chi connectivity index (χ4n) is 3.21. The predicted octanol–water partition coefficient (Wildman–Crippen LogP) is -0.898. The number of carbonyl (C=O) groups excluding carboxylic acids is 1. The first-order valence-corrected chi connectivity index (χ1v) is 9.58. The average molecular weight is 403 g/mol. The number of carboxylic acids is 2. The second-order valence-electron chi connectivity index (χ2n) is 7.45. The molecule has 1 heterocycles. The molecular weight excluding hydrogens is 370 g/mol. The summed E-state index contributed by atoms with van der Waals surface area (Å²) in [7, 11) is 0. The summed E-state index contributed by atoms with van der Waals surface area (Å²) < 4.78 is 5.74. The Morgan fingerprint density at radius 1 is 1.14 bits per heavy atom. The first-order valence-electron chi connectivity index (χ1n) is 9.58. The lowest BCUT2D eigenvalue weighted by atomic mass is 9.93. The number of carbonyl (C=O) groups is 3. The van der Waals surface area contributed by atoms with Crippen LogP contribution in [0.4, 0.5) is 0 Å². The number of nitrogens with zero attached hydrogens (tertiary/aromatic N) is 1. The highest BCUT2D eigenvalue weighted by Crippen LogP contribution is 2.19. The molecule has 0 aromatic carbocycles. The van der Waals surface area contributed by atoms with Crippen LogP contribution in [0.15, 0.2) is 0 Å². The van der Waals surface area contributed by atoms with E-state index in [2.05, 4.69) is 5.32 Å². The van der Waals surface area contributed by atoms with Gasteiger partial charge in [-0.15, -0.1) is 0 Å². The van der Waals surface area contributed by atoms with Gasteiger partial charge in [0.15, 0.2) is 0 Å². The quantitative estimate of drug-likeness (QED) is 0.278. The highest BCUT2D eigenvalue weighted by Gasteiger charge is 2.35. The van der Waals surface area contributed by atoms with Gasteiger partial charge in [-0.1, -0.05) is 6.92 Å². The molecule has 1 aliphatic heterocycles. The number of amides is 1. The highest BCUT2D eigenvalue weighted by atomic mass is 16.5. The van der Waals surface area contributed by atoms with E-state index in [0.29, 0.717) is 13.1 Å². The molecule has 162 valence electrons. The van der Waals surface area contributed by atoms with E-state index in [4.69, 9.17) is 15.6 Å². The van der Waals surface area contributed by atoms with E-state index >= 15 is 0 Å². The van der Waals surface area contributed by atoms with Gasteiger partial charge >= 0.3 is 11.9 Å². The number of aliphatic hydroxyl groups excluding tert-OH is 1. The van der Waals surface area contributed by atoms with Crippen molar-refractivity contribution in [2.45, 2.75) is 57.9 Å². The van der Waals surface area contributed by atoms with Crippen LogP contribution in [0, 0.1) is 11.8 Å². The average Bonchev–Trinajstić information content (AvgIpc) is 3.15. The molecule has 1 saturated heterocycles. The number of aliphatic carboxylic acids is 2. The maximum Gasteiger partial charge on any atom is 0.321 e. The predicted molar refractivity (Wildman–Crippen MR) is 101 cm³/mol. The first kappa shape index (κ1) is 24.3. The normalized spacial score (nSPS) is 20.8. The highest BCUT2D eigenvalue weighted by molar-refractivity contribution is 5.82. The molecule has 1 fully saturated rings. The molecule has 1 rings (SSSR count). The van der Waals surface area contributed by atoms with Crippen LogP contribution in [0.3, 0.4) is 0 Å². The van der Waals surface area contributed by atoms with Gasteiger partial charge in [0.2, 0.25) is 5.91 Å². The Hall–Kier alpha value is -1.75. The van der Waals surface area contributed by atoms with Gasteiger partial charge in [0.1, 0.15) is 6.04 Å². The van der Waals surface area contributed by atoms with Crippen LogP contribution < -0.4 is 11.1 Å². The second-order valence-corrected chi connectivity index (χ2v) is 7.45. The van der Waals surface area contributed by atoms with Gasteiger partial charge in [-0.25, -0.2) is 0 Å². The third-order valence-corrected chi connectivity index (χ3v) is 5.35. The molecule has 1 amide bonds. The van der Waals surface area contributed by atoms with Crippen molar-refractivity contribution < 1.29 is 34.4 Å². The third-order valence-electron chi connectivity index (χ3n) is 5.35. The zero-order chi connectivity index (χ0) is 21.4. The van der Waals surface area contributed by atoms with Gasteiger partial charge in [-0.05, 0) is 26.7 Å². The second kappa shape index (κ2) is 11.3. The minimum atomic E-state index is -1.29. The Labute approximate surface area is 165 Å². The molecule has 0 bridgehead atoms. The maximum absolute atomic E-state index is 12.4. The number of nitrogens with two attached hydrogens (primary N) is 1. The summed E-state index contributed by atoms with van der Waals surface area (Å²) in [6, 6.07) is -2.03. The van der Waals surface area contributed by atoms with Crippen molar-refractivity contribution in [3.63, 3.8) is 0 Å². The van der Waals surface area contributed by atoms with Gasteiger partial charge in [-0.3, -0.25) is 19.7 Å². The fourth-order valence-corrected chi connectivity index (χ4v) is 3.21. The Balaban J connectivity index is 2.68. The smallest absolute Gasteiger partial charge is 0.321 e. The Morgan fingerprint density at radius 3 is 2.18 bits per heavy atom. The van der Waals surface area contributed by atoms with E-state index in [1.54, 1.807) is 18.7 Å². The van der Waals surface area contributed by atoms with Crippen LogP contribution in [-0.4, -0.2) is 88.6 Å². The van der Waals surface area contributed by atoms with Gasteiger partial charge in [0.25, 0.3) is 0 Å². The van der Waals surface area contributed by atoms with Crippen molar-refractivity contribution in [3.8, 4) is 0 Å². The molecule has 0 radical (unpaired) electrons. The number of likely N-dealkylation sites (tertiary alicyclic amines) is 1. The number of rotatable bonds is 12. The number of nitrogens with one attached hydrogen (secondary N) is 1. The lowest BCUT2D eigenvalue weighted by molar-refractivity contribution is -0.145. The van der Waals surface area contributed by atoms with Gasteiger partial charge in [0, 0.05) is 24.9 Å². The Bertz CT molecular complexity index is 537. The molecule has 6 atom stereocenters. The molecule has 10 nitrogen and oxygen atoms in total. The van der Waals surface area contributed by atoms with Crippen molar-refractivity contribution in [1.82, 2.24) is 10.2 Å². The molecule has 0 unspecified atom stereocenters. The van der Waals surface area contributed by atoms with E-state index in [9.17, 15) is 24.6 Å². The molecular formula is C18H33N3O7. The minimum absolute atomic E-state index is 0.126. The summed E-state index contributed by atoms with van der Waals surface area (Å²) in [4.78, 5) is 36.4. The molecule has 0 aromatic rings. The van der Waals surface area contributed by atoms with Crippen molar-refractivity contribution >= 4 is 17.8 Å². The largest absolute Gasteiger partial charge is 0.480 e. The molecule has 10 heteroatoms. The minimum Gasteiger partial charge on any atom is -0.480 e. The number of ether oxygens (including phenoxy) is 1. The monoisotopic (exact) mass is 403 g/mol. The van der Waals surface area contributed by atoms with E-state index in [0.717, 1.165) is 12.8 Å². The lowest BCUT2D eigenvalue weighted by Gasteiger charge is -2.31. The van der Waals surface area contributed by atoms with Crippen molar-refractivity contribution in [2.24, 2.45) is 17.6 Å². The fraction of sp³-hybridized carbons (Fsp3) is 0.833. The molecule has 1 aliphatic rings. The summed E-state index contributed by atoms with van der Waals surface area (Å²) in [6.45, 7) is 5.67. The topological polar surface area (TPSA) is 162 Å². The standard InChI is InChI=1S/C18H33N3O7/c1-10(15(19)17(25)21-6-4-5-7-21)12(3)28-9-13(11(2)22)16(18(26)27)20-8-14(23)24/h10-13,15-16,20,22H,4-9,19H2,1-3H3,(H,23,24)(H,26,27)/t10-,11-,12-,13-,15-,16-/m0/s1. The van der Waals surface area contributed by atoms with Gasteiger partial charge < -0.3 is 30.7 Å². The molecule has 28 heavy (non-hydrogen) atoms. The van der Waals surface area contributed by atoms with Crippen LogP contribution in [0.5, 0.6) is 0 Å². The van der Waals surface area contributed by atoms with Crippen LogP contribution in [0.1, 0.15) is 33.6 Å². The zero-order valence-corrected chi connectivity index (χ0v) is 16.7. The van der Waals surface area contributed by atoms with Crippen LogP contribution in [0.25, 0.3) is 0 Å². The first-order chi connectivity index (χ1) is 13.1. The summed E-state index contributed by atoms with van der Waals surface area (Å²) >= 11 is 0. The zero-order valence-electron chi connectivity index (χ0n) is 16.7. The molecule has 0 aromatic heterocycles. The third kappa shape index (κ3) is 7.01. The number of carboxylic acid groups (broad SMARTS) is 2. The van der Waals surface area contributed by atoms with Crippen LogP contribution in [-0.2, 0) is 19.1 Å². The molecule has 0 spiro atoms. The molecule has 0 aliphatic carbocycles. The van der Waals surface area contributed by atoms with Crippen LogP contribution in [0.2, 0.25) is 0 Å². The Morgan fingerprint density at radius 2 is 1.71 bits per heavy atom. The maximum atomic E-state index is 12.4. The Kier molecular flexibility index (Phi) is 9.80. The molecule has 6 N–H and O–H groups in total. The van der Waals surface area contributed by atoms with Crippen molar-refractivity contribution in [2.75, 3.05) is 26.2 Å². The van der Waals surface area contributed by atoms with Crippen molar-refractivity contribution in [1.29, 1.82) is 0 Å². The molecule has 0 saturated carbocycles. The van der Waals surface area contributed by atoms with E-state index < -0.39 is 48.7 Å². The van der Waals surface area contributed by atoms with E-state index in [1.807, 2.05) is 0 Å². The number of hydrogen-bond acceptors (Lipinski definition) is 7. The van der Waals surface area contributed by atoms with Gasteiger partial charge in [-0.2, -0.15) is 0 Å². The van der Waals surface area contributed by atoms with Crippen LogP contribution >= 0.6 is 0 Å². The summed E-state index contributed by atoms with van der Waals surface area (Å²) in [5, 5.41) is 30.5.